The summed E-state index contributed by atoms with van der Waals surface area (Å²) in [5.41, 5.74) is 4.17. The van der Waals surface area contributed by atoms with Crippen molar-refractivity contribution in [1.29, 1.82) is 0 Å². The molecule has 0 radical (unpaired) electrons. The Morgan fingerprint density at radius 3 is 2.61 bits per heavy atom. The molecule has 4 aromatic carbocycles. The van der Waals surface area contributed by atoms with Crippen LogP contribution in [-0.2, 0) is 11.3 Å². The van der Waals surface area contributed by atoms with E-state index in [4.69, 9.17) is 16.3 Å². The number of nitrogens with zero attached hydrogens (tertiary/aromatic N) is 1. The quantitative estimate of drug-likeness (QED) is 0.368. The normalized spacial score (nSPS) is 15.7. The smallest absolute Gasteiger partial charge is 0.228 e. The predicted molar refractivity (Wildman–Crippen MR) is 126 cm³/mol. The van der Waals surface area contributed by atoms with Crippen molar-refractivity contribution in [2.45, 2.75) is 18.9 Å². The van der Waals surface area contributed by atoms with Gasteiger partial charge in [-0.25, -0.2) is 0 Å². The number of fused-ring (bicyclic) bond motifs is 3. The average molecular weight is 428 g/mol. The zero-order valence-corrected chi connectivity index (χ0v) is 18.0. The van der Waals surface area contributed by atoms with E-state index in [-0.39, 0.29) is 11.8 Å². The van der Waals surface area contributed by atoms with Crippen LogP contribution in [0.4, 0.5) is 5.69 Å². The first-order valence-electron chi connectivity index (χ1n) is 10.3. The molecule has 0 aromatic heterocycles. The van der Waals surface area contributed by atoms with Crippen LogP contribution in [0.1, 0.15) is 29.0 Å². The summed E-state index contributed by atoms with van der Waals surface area (Å²) in [6.45, 7) is 0.489. The minimum Gasteiger partial charge on any atom is -0.496 e. The van der Waals surface area contributed by atoms with Gasteiger partial charge in [-0.2, -0.15) is 0 Å². The molecular weight excluding hydrogens is 406 g/mol. The van der Waals surface area contributed by atoms with Gasteiger partial charge < -0.3 is 9.64 Å². The van der Waals surface area contributed by atoms with Crippen molar-refractivity contribution < 1.29 is 9.53 Å². The van der Waals surface area contributed by atoms with Gasteiger partial charge in [-0.05, 0) is 46.2 Å². The number of anilines is 1. The first-order chi connectivity index (χ1) is 15.2. The summed E-state index contributed by atoms with van der Waals surface area (Å²) < 4.78 is 5.66. The Balaban J connectivity index is 1.70. The monoisotopic (exact) mass is 427 g/mol. The molecule has 31 heavy (non-hydrogen) atoms. The molecule has 3 nitrogen and oxygen atoms in total. The molecule has 1 aliphatic rings. The first-order valence-corrected chi connectivity index (χ1v) is 10.7. The maximum Gasteiger partial charge on any atom is 0.228 e. The van der Waals surface area contributed by atoms with E-state index in [1.165, 1.54) is 16.3 Å². The van der Waals surface area contributed by atoms with E-state index >= 15 is 0 Å². The van der Waals surface area contributed by atoms with Crippen molar-refractivity contribution in [3.8, 4) is 5.75 Å². The molecule has 1 heterocycles. The van der Waals surface area contributed by atoms with Crippen molar-refractivity contribution in [2.75, 3.05) is 12.0 Å². The second kappa shape index (κ2) is 8.09. The maximum atomic E-state index is 13.4. The molecule has 4 aromatic rings. The van der Waals surface area contributed by atoms with E-state index in [2.05, 4.69) is 36.4 Å². The molecule has 0 N–H and O–H groups in total. The number of rotatable bonds is 4. The van der Waals surface area contributed by atoms with Crippen LogP contribution in [0.5, 0.6) is 5.75 Å². The number of para-hydroxylation sites is 1. The Kier molecular flexibility index (Phi) is 5.13. The minimum atomic E-state index is -0.0691. The fourth-order valence-electron chi connectivity index (χ4n) is 4.62. The lowest BCUT2D eigenvalue weighted by Gasteiger charge is -2.36. The number of hydrogen-bond donors (Lipinski definition) is 0. The summed E-state index contributed by atoms with van der Waals surface area (Å²) in [7, 11) is 1.68. The third-order valence-corrected chi connectivity index (χ3v) is 6.25. The van der Waals surface area contributed by atoms with E-state index in [0.29, 0.717) is 18.0 Å². The van der Waals surface area contributed by atoms with Crippen LogP contribution < -0.4 is 9.64 Å². The highest BCUT2D eigenvalue weighted by Crippen LogP contribution is 2.46. The number of amides is 1. The van der Waals surface area contributed by atoms with E-state index in [1.54, 1.807) is 7.11 Å². The third-order valence-electron chi connectivity index (χ3n) is 6.01. The molecular formula is C27H22ClNO2. The number of carbonyl (C=O) groups excluding carboxylic acids is 1. The van der Waals surface area contributed by atoms with E-state index in [1.807, 2.05) is 53.4 Å². The minimum absolute atomic E-state index is 0.0691. The molecule has 154 valence electrons. The highest BCUT2D eigenvalue weighted by molar-refractivity contribution is 6.30. The molecule has 1 aliphatic heterocycles. The number of ether oxygens (including phenoxy) is 1. The zero-order valence-electron chi connectivity index (χ0n) is 17.2. The molecule has 1 atom stereocenters. The van der Waals surface area contributed by atoms with E-state index < -0.39 is 0 Å². The Labute approximate surface area is 186 Å². The van der Waals surface area contributed by atoms with Crippen LogP contribution in [0.25, 0.3) is 10.8 Å². The fraction of sp³-hybridized carbons (Fsp3) is 0.148. The van der Waals surface area contributed by atoms with Gasteiger partial charge in [0.1, 0.15) is 5.75 Å². The van der Waals surface area contributed by atoms with Crippen molar-refractivity contribution >= 4 is 34.0 Å². The van der Waals surface area contributed by atoms with Crippen LogP contribution in [0, 0.1) is 0 Å². The molecule has 0 saturated heterocycles. The number of benzene rings is 4. The lowest BCUT2D eigenvalue weighted by Crippen LogP contribution is -2.36. The number of methoxy groups -OCH3 is 1. The Bertz CT molecular complexity index is 1280. The third kappa shape index (κ3) is 3.55. The van der Waals surface area contributed by atoms with Gasteiger partial charge >= 0.3 is 0 Å². The van der Waals surface area contributed by atoms with Crippen LogP contribution in [0.2, 0.25) is 5.02 Å². The van der Waals surface area contributed by atoms with Gasteiger partial charge in [-0.3, -0.25) is 4.79 Å². The van der Waals surface area contributed by atoms with Gasteiger partial charge in [-0.1, -0.05) is 72.3 Å². The molecule has 0 spiro atoms. The van der Waals surface area contributed by atoms with Crippen molar-refractivity contribution in [3.05, 3.63) is 107 Å². The molecule has 0 bridgehead atoms. The van der Waals surface area contributed by atoms with Gasteiger partial charge in [0.25, 0.3) is 0 Å². The summed E-state index contributed by atoms with van der Waals surface area (Å²) in [4.78, 5) is 15.3. The summed E-state index contributed by atoms with van der Waals surface area (Å²) in [6, 6.07) is 28.2. The van der Waals surface area contributed by atoms with Crippen molar-refractivity contribution in [2.24, 2.45) is 0 Å². The van der Waals surface area contributed by atoms with E-state index in [9.17, 15) is 4.79 Å². The topological polar surface area (TPSA) is 29.5 Å². The summed E-state index contributed by atoms with van der Waals surface area (Å²) in [5, 5.41) is 3.00. The molecule has 1 unspecified atom stereocenters. The van der Waals surface area contributed by atoms with Gasteiger partial charge in [0.05, 0.1) is 13.7 Å². The number of hydrogen-bond acceptors (Lipinski definition) is 2. The Morgan fingerprint density at radius 1 is 0.968 bits per heavy atom. The summed E-state index contributed by atoms with van der Waals surface area (Å²) in [5.74, 6) is 0.835. The van der Waals surface area contributed by atoms with Crippen LogP contribution in [0.15, 0.2) is 84.9 Å². The van der Waals surface area contributed by atoms with Crippen molar-refractivity contribution in [3.63, 3.8) is 0 Å². The van der Waals surface area contributed by atoms with Gasteiger partial charge in [-0.15, -0.1) is 0 Å². The van der Waals surface area contributed by atoms with Gasteiger partial charge in [0, 0.05) is 28.6 Å². The molecule has 0 saturated carbocycles. The SMILES string of the molecule is COc1ccccc1C1CC(=O)N(Cc2cccc(Cl)c2)c2ccc3ccccc3c21. The van der Waals surface area contributed by atoms with Crippen LogP contribution >= 0.6 is 11.6 Å². The highest BCUT2D eigenvalue weighted by Gasteiger charge is 2.34. The standard InChI is InChI=1S/C27H22ClNO2/c1-31-25-12-5-4-11-22(25)23-16-26(30)29(17-18-7-6-9-20(28)15-18)24-14-13-19-8-2-3-10-21(19)27(23)24/h2-15,23H,16-17H2,1H3. The summed E-state index contributed by atoms with van der Waals surface area (Å²) in [6.07, 6.45) is 0.391. The first kappa shape index (κ1) is 19.7. The maximum absolute atomic E-state index is 13.4. The second-order valence-corrected chi connectivity index (χ2v) is 8.26. The highest BCUT2D eigenvalue weighted by atomic mass is 35.5. The van der Waals surface area contributed by atoms with Crippen LogP contribution in [0.3, 0.4) is 0 Å². The molecule has 4 heteroatoms. The lowest BCUT2D eigenvalue weighted by atomic mass is 9.80. The number of carbonyl (C=O) groups is 1. The van der Waals surface area contributed by atoms with Crippen LogP contribution in [-0.4, -0.2) is 13.0 Å². The predicted octanol–water partition coefficient (Wildman–Crippen LogP) is 6.57. The largest absolute Gasteiger partial charge is 0.496 e. The number of halogens is 1. The lowest BCUT2D eigenvalue weighted by molar-refractivity contribution is -0.119. The molecule has 0 fully saturated rings. The van der Waals surface area contributed by atoms with Gasteiger partial charge in [0.15, 0.2) is 0 Å². The molecule has 1 amide bonds. The Hall–Kier alpha value is -3.30. The zero-order chi connectivity index (χ0) is 21.4. The van der Waals surface area contributed by atoms with Gasteiger partial charge in [0.2, 0.25) is 5.91 Å². The summed E-state index contributed by atoms with van der Waals surface area (Å²) >= 11 is 6.20. The average Bonchev–Trinajstić information content (AvgIpc) is 2.80. The fourth-order valence-corrected chi connectivity index (χ4v) is 4.83. The van der Waals surface area contributed by atoms with Crippen molar-refractivity contribution in [1.82, 2.24) is 0 Å². The molecule has 5 rings (SSSR count). The Morgan fingerprint density at radius 2 is 1.77 bits per heavy atom. The second-order valence-electron chi connectivity index (χ2n) is 7.83. The molecule has 0 aliphatic carbocycles. The van der Waals surface area contributed by atoms with E-state index in [0.717, 1.165) is 22.6 Å².